The Bertz CT molecular complexity index is 1390. The van der Waals surface area contributed by atoms with Crippen LogP contribution < -0.4 is 4.90 Å². The van der Waals surface area contributed by atoms with Gasteiger partial charge in [-0.1, -0.05) is 54.6 Å². The second-order valence-corrected chi connectivity index (χ2v) is 9.07. The Morgan fingerprint density at radius 2 is 1.58 bits per heavy atom. The Kier molecular flexibility index (Phi) is 6.44. The molecule has 1 aliphatic rings. The van der Waals surface area contributed by atoms with Crippen molar-refractivity contribution < 1.29 is 24.5 Å². The van der Waals surface area contributed by atoms with E-state index in [1.54, 1.807) is 47.4 Å². The van der Waals surface area contributed by atoms with Gasteiger partial charge in [0.1, 0.15) is 17.3 Å². The summed E-state index contributed by atoms with van der Waals surface area (Å²) in [4.78, 5) is 14.9. The van der Waals surface area contributed by atoms with E-state index in [4.69, 9.17) is 0 Å². The normalized spacial score (nSPS) is 18.1. The average molecular weight is 484 g/mol. The summed E-state index contributed by atoms with van der Waals surface area (Å²) < 4.78 is 13.6. The Balaban J connectivity index is 1.43. The molecular formula is C30H26FNO4. The van der Waals surface area contributed by atoms with Gasteiger partial charge in [0.2, 0.25) is 5.91 Å². The van der Waals surface area contributed by atoms with E-state index in [2.05, 4.69) is 0 Å². The van der Waals surface area contributed by atoms with Crippen LogP contribution in [0.3, 0.4) is 0 Å². The summed E-state index contributed by atoms with van der Waals surface area (Å²) in [6, 6.07) is 26.8. The molecule has 0 unspecified atom stereocenters. The van der Waals surface area contributed by atoms with Crippen molar-refractivity contribution >= 4 is 11.6 Å². The summed E-state index contributed by atoms with van der Waals surface area (Å²) in [7, 11) is 0. The first kappa shape index (κ1) is 23.6. The third-order valence-electron chi connectivity index (χ3n) is 6.76. The lowest BCUT2D eigenvalue weighted by atomic mass is 9.77. The highest BCUT2D eigenvalue weighted by Crippen LogP contribution is 2.49. The molecule has 1 heterocycles. The molecule has 6 heteroatoms. The molecule has 0 spiro atoms. The molecule has 1 saturated heterocycles. The third kappa shape index (κ3) is 4.55. The second kappa shape index (κ2) is 9.84. The summed E-state index contributed by atoms with van der Waals surface area (Å²) in [5.41, 5.74) is 3.30. The van der Waals surface area contributed by atoms with E-state index in [1.807, 2.05) is 42.5 Å². The van der Waals surface area contributed by atoms with Crippen LogP contribution in [-0.2, 0) is 4.79 Å². The first-order valence-corrected chi connectivity index (χ1v) is 11.9. The van der Waals surface area contributed by atoms with Crippen molar-refractivity contribution in [3.05, 3.63) is 114 Å². The van der Waals surface area contributed by atoms with Crippen molar-refractivity contribution in [2.75, 3.05) is 4.90 Å². The number of para-hydroxylation sites is 1. The number of hydrogen-bond acceptors (Lipinski definition) is 4. The number of aliphatic hydroxyl groups excluding tert-OH is 1. The molecule has 4 aromatic carbocycles. The summed E-state index contributed by atoms with van der Waals surface area (Å²) >= 11 is 0. The summed E-state index contributed by atoms with van der Waals surface area (Å²) in [5.74, 6) is -0.783. The van der Waals surface area contributed by atoms with Crippen LogP contribution in [0.4, 0.5) is 10.1 Å². The van der Waals surface area contributed by atoms with Gasteiger partial charge in [0.05, 0.1) is 18.1 Å². The van der Waals surface area contributed by atoms with E-state index in [-0.39, 0.29) is 23.8 Å². The van der Waals surface area contributed by atoms with Crippen molar-refractivity contribution in [2.45, 2.75) is 25.0 Å². The van der Waals surface area contributed by atoms with Crippen molar-refractivity contribution in [1.29, 1.82) is 0 Å². The average Bonchev–Trinajstić information content (AvgIpc) is 2.88. The lowest BCUT2D eigenvalue weighted by molar-refractivity contribution is -0.131. The molecule has 182 valence electrons. The Labute approximate surface area is 208 Å². The van der Waals surface area contributed by atoms with E-state index < -0.39 is 23.9 Å². The van der Waals surface area contributed by atoms with Gasteiger partial charge < -0.3 is 20.2 Å². The highest BCUT2D eigenvalue weighted by molar-refractivity contribution is 6.03. The number of phenols is 2. The number of aliphatic hydroxyl groups is 1. The maximum atomic E-state index is 13.6. The smallest absolute Gasteiger partial charge is 0.233 e. The second-order valence-electron chi connectivity index (χ2n) is 9.07. The standard InChI is InChI=1S/C30H26FNO4/c31-22-8-4-7-21(16-22)27(34)15-14-26-29(32(30(26)36)23-9-2-1-3-10-23)25-13-12-20(18-28(25)35)19-6-5-11-24(33)17-19/h1-13,16-18,26-27,29,33-35H,14-15H2/t26-,27+,29-/m1/s1. The van der Waals surface area contributed by atoms with Gasteiger partial charge in [0.15, 0.2) is 0 Å². The largest absolute Gasteiger partial charge is 0.508 e. The van der Waals surface area contributed by atoms with Crippen molar-refractivity contribution in [3.63, 3.8) is 0 Å². The third-order valence-corrected chi connectivity index (χ3v) is 6.76. The molecule has 0 aromatic heterocycles. The molecule has 5 rings (SSSR count). The lowest BCUT2D eigenvalue weighted by Gasteiger charge is -2.48. The van der Waals surface area contributed by atoms with Gasteiger partial charge in [0, 0.05) is 11.3 Å². The van der Waals surface area contributed by atoms with Crippen LogP contribution in [0.2, 0.25) is 0 Å². The molecule has 3 atom stereocenters. The molecule has 1 amide bonds. The van der Waals surface area contributed by atoms with Crippen LogP contribution in [0.1, 0.15) is 36.1 Å². The van der Waals surface area contributed by atoms with Gasteiger partial charge in [0.25, 0.3) is 0 Å². The molecule has 5 nitrogen and oxygen atoms in total. The number of anilines is 1. The molecule has 3 N–H and O–H groups in total. The molecule has 1 aliphatic heterocycles. The number of halogens is 1. The Morgan fingerprint density at radius 3 is 2.31 bits per heavy atom. The van der Waals surface area contributed by atoms with Crippen LogP contribution in [0, 0.1) is 11.7 Å². The number of benzene rings is 4. The number of amides is 1. The molecule has 1 fully saturated rings. The molecule has 0 saturated carbocycles. The van der Waals surface area contributed by atoms with Crippen molar-refractivity contribution in [3.8, 4) is 22.6 Å². The number of carbonyl (C=O) groups excluding carboxylic acids is 1. The Morgan fingerprint density at radius 1 is 0.833 bits per heavy atom. The number of hydrogen-bond donors (Lipinski definition) is 3. The minimum absolute atomic E-state index is 0.0463. The summed E-state index contributed by atoms with van der Waals surface area (Å²) in [6.07, 6.45) is -0.249. The zero-order valence-corrected chi connectivity index (χ0v) is 19.5. The molecule has 4 aromatic rings. The van der Waals surface area contributed by atoms with Crippen LogP contribution in [-0.4, -0.2) is 21.2 Å². The van der Waals surface area contributed by atoms with E-state index in [0.717, 1.165) is 16.8 Å². The van der Waals surface area contributed by atoms with Gasteiger partial charge in [-0.05, 0) is 72.0 Å². The first-order valence-electron chi connectivity index (χ1n) is 11.9. The monoisotopic (exact) mass is 483 g/mol. The molecule has 0 bridgehead atoms. The fraction of sp³-hybridized carbons (Fsp3) is 0.167. The fourth-order valence-corrected chi connectivity index (χ4v) is 4.94. The zero-order valence-electron chi connectivity index (χ0n) is 19.5. The fourth-order valence-electron chi connectivity index (χ4n) is 4.94. The predicted octanol–water partition coefficient (Wildman–Crippen LogP) is 6.12. The van der Waals surface area contributed by atoms with E-state index in [1.165, 1.54) is 12.1 Å². The van der Waals surface area contributed by atoms with Crippen molar-refractivity contribution in [1.82, 2.24) is 0 Å². The number of rotatable bonds is 7. The van der Waals surface area contributed by atoms with Crippen LogP contribution in [0.25, 0.3) is 11.1 Å². The van der Waals surface area contributed by atoms with Crippen molar-refractivity contribution in [2.24, 2.45) is 5.92 Å². The lowest BCUT2D eigenvalue weighted by Crippen LogP contribution is -2.55. The predicted molar refractivity (Wildman–Crippen MR) is 136 cm³/mol. The number of β-lactam (4-membered cyclic amide) rings is 1. The van der Waals surface area contributed by atoms with Crippen LogP contribution in [0.5, 0.6) is 11.5 Å². The number of nitrogens with zero attached hydrogens (tertiary/aromatic N) is 1. The summed E-state index contributed by atoms with van der Waals surface area (Å²) in [5, 5.41) is 31.4. The number of phenolic OH excluding ortho intramolecular Hbond substituents is 2. The van der Waals surface area contributed by atoms with Gasteiger partial charge in [-0.3, -0.25) is 4.79 Å². The molecule has 0 aliphatic carbocycles. The van der Waals surface area contributed by atoms with Gasteiger partial charge in [-0.2, -0.15) is 0 Å². The quantitative estimate of drug-likeness (QED) is 0.277. The number of aromatic hydroxyl groups is 2. The highest BCUT2D eigenvalue weighted by Gasteiger charge is 2.49. The minimum Gasteiger partial charge on any atom is -0.508 e. The summed E-state index contributed by atoms with van der Waals surface area (Å²) in [6.45, 7) is 0. The van der Waals surface area contributed by atoms with Crippen LogP contribution >= 0.6 is 0 Å². The Hall–Kier alpha value is -4.16. The molecule has 0 radical (unpaired) electrons. The maximum absolute atomic E-state index is 13.6. The minimum atomic E-state index is -0.901. The molecule has 36 heavy (non-hydrogen) atoms. The topological polar surface area (TPSA) is 81.0 Å². The van der Waals surface area contributed by atoms with Gasteiger partial charge in [-0.25, -0.2) is 4.39 Å². The number of carbonyl (C=O) groups is 1. The van der Waals surface area contributed by atoms with Gasteiger partial charge in [-0.15, -0.1) is 0 Å². The van der Waals surface area contributed by atoms with Crippen LogP contribution in [0.15, 0.2) is 97.1 Å². The van der Waals surface area contributed by atoms with E-state index in [0.29, 0.717) is 17.5 Å². The maximum Gasteiger partial charge on any atom is 0.233 e. The van der Waals surface area contributed by atoms with E-state index >= 15 is 0 Å². The SMILES string of the molecule is O=C1[C@H](CC[C@H](O)c2cccc(F)c2)[C@@H](c2ccc(-c3cccc(O)c3)cc2O)N1c1ccccc1. The highest BCUT2D eigenvalue weighted by atomic mass is 19.1. The van der Waals surface area contributed by atoms with Gasteiger partial charge >= 0.3 is 0 Å². The first-order chi connectivity index (χ1) is 17.4. The zero-order chi connectivity index (χ0) is 25.2. The molecular weight excluding hydrogens is 457 g/mol. The van der Waals surface area contributed by atoms with E-state index in [9.17, 15) is 24.5 Å².